The second-order valence-corrected chi connectivity index (χ2v) is 4.07. The molecule has 1 fully saturated rings. The summed E-state index contributed by atoms with van der Waals surface area (Å²) in [5, 5.41) is 29.4. The Labute approximate surface area is 115 Å². The predicted octanol–water partition coefficient (Wildman–Crippen LogP) is -2.69. The number of hydrogen-bond acceptors (Lipinski definition) is 8. The highest BCUT2D eigenvalue weighted by molar-refractivity contribution is 5.70. The normalized spacial score (nSPS) is 43.4. The maximum atomic E-state index is 11.8. The van der Waals surface area contributed by atoms with E-state index < -0.39 is 36.6 Å². The Morgan fingerprint density at radius 1 is 1.55 bits per heavy atom. The number of anilines is 1. The third-order valence-corrected chi connectivity index (χ3v) is 2.81. The Hall–Kier alpha value is -2.01. The lowest BCUT2D eigenvalue weighted by Gasteiger charge is -2.16. The fraction of sp³-hybridized carbons (Fsp3) is 0.500. The van der Waals surface area contributed by atoms with E-state index in [1.165, 1.54) is 0 Å². The zero-order valence-electron chi connectivity index (χ0n) is 12.9. The summed E-state index contributed by atoms with van der Waals surface area (Å²) in [6, 6.07) is 0. The van der Waals surface area contributed by atoms with E-state index in [1.54, 1.807) is 0 Å². The Morgan fingerprint density at radius 2 is 2.30 bits per heavy atom. The largest absolute Gasteiger partial charge is 0.394 e. The monoisotopic (exact) mass is 286 g/mol. The molecule has 0 bridgehead atoms. The molecule has 0 amide bonds. The molecule has 2 aromatic heterocycles. The maximum Gasteiger partial charge on any atom is 0.280 e. The molecule has 3 heterocycles. The van der Waals surface area contributed by atoms with Crippen LogP contribution >= 0.6 is 0 Å². The molecule has 2 aromatic rings. The third kappa shape index (κ3) is 1.78. The minimum atomic E-state index is -3.24. The first-order chi connectivity index (χ1) is 10.6. The molecule has 0 saturated carbocycles. The molecular formula is C10H13N5O5. The van der Waals surface area contributed by atoms with E-state index in [9.17, 15) is 15.0 Å². The number of hydrogen-bond donors (Lipinski definition) is 5. The molecule has 0 unspecified atom stereocenters. The van der Waals surface area contributed by atoms with E-state index >= 15 is 0 Å². The summed E-state index contributed by atoms with van der Waals surface area (Å²) in [5.74, 6) is -0.306. The van der Waals surface area contributed by atoms with Crippen LogP contribution in [0.4, 0.5) is 5.95 Å². The van der Waals surface area contributed by atoms with Crippen LogP contribution in [0.25, 0.3) is 11.2 Å². The number of H-pyrrole nitrogens is 1. The number of nitrogens with zero attached hydrogens (tertiary/aromatic N) is 3. The highest BCUT2D eigenvalue weighted by atomic mass is 16.6. The van der Waals surface area contributed by atoms with Gasteiger partial charge in [-0.25, -0.2) is 4.98 Å². The number of aliphatic hydroxyl groups is 3. The number of imidazole rings is 1. The summed E-state index contributed by atoms with van der Waals surface area (Å²) in [6.45, 7) is -0.926. The molecule has 1 aliphatic rings. The van der Waals surface area contributed by atoms with Gasteiger partial charge in [-0.1, -0.05) is 0 Å². The average molecular weight is 286 g/mol. The number of nitrogens with two attached hydrogens (primary N) is 1. The average Bonchev–Trinajstić information content (AvgIpc) is 2.92. The van der Waals surface area contributed by atoms with E-state index in [0.717, 1.165) is 6.33 Å². The van der Waals surface area contributed by atoms with Crippen LogP contribution in [0.15, 0.2) is 11.1 Å². The molecule has 0 radical (unpaired) electrons. The van der Waals surface area contributed by atoms with Gasteiger partial charge in [0, 0.05) is 0 Å². The molecular weight excluding hydrogens is 270 g/mol. The molecule has 108 valence electrons. The molecule has 20 heavy (non-hydrogen) atoms. The summed E-state index contributed by atoms with van der Waals surface area (Å²) < 4.78 is 29.5. The van der Waals surface area contributed by atoms with Gasteiger partial charge in [0.05, 0.1) is 17.0 Å². The molecule has 1 aliphatic heterocycles. The van der Waals surface area contributed by atoms with Gasteiger partial charge in [-0.15, -0.1) is 0 Å². The summed E-state index contributed by atoms with van der Waals surface area (Å²) in [7, 11) is 0. The predicted molar refractivity (Wildman–Crippen MR) is 65.6 cm³/mol. The summed E-state index contributed by atoms with van der Waals surface area (Å²) >= 11 is 0. The van der Waals surface area contributed by atoms with Gasteiger partial charge in [0.1, 0.15) is 18.3 Å². The Kier molecular flexibility index (Phi) is 2.22. The first kappa shape index (κ1) is 9.83. The van der Waals surface area contributed by atoms with Gasteiger partial charge >= 0.3 is 0 Å². The molecule has 10 nitrogen and oxygen atoms in total. The summed E-state index contributed by atoms with van der Waals surface area (Å²) in [6.07, 6.45) is -9.93. The number of ether oxygens (including phenoxy) is 1. The number of rotatable bonds is 2. The van der Waals surface area contributed by atoms with Gasteiger partial charge in [0.15, 0.2) is 17.4 Å². The standard InChI is InChI=1S/C10H13N5O5/c11-10-13-7-4(8(19)14-10)12-2-15(7)9-6(18)5(17)3(1-16)20-9/h2-3,5-6,9,16-18H,1H2,(H3,11,13,14,19)/t3-,5-,6-,9-/m1/s1/i5D,6D,9D. The minimum absolute atomic E-state index is 0.244. The summed E-state index contributed by atoms with van der Waals surface area (Å²) in [4.78, 5) is 21.4. The van der Waals surface area contributed by atoms with Gasteiger partial charge in [-0.2, -0.15) is 4.98 Å². The fourth-order valence-corrected chi connectivity index (χ4v) is 1.88. The van der Waals surface area contributed by atoms with Crippen LogP contribution in [0.5, 0.6) is 0 Å². The van der Waals surface area contributed by atoms with Crippen LogP contribution in [-0.4, -0.2) is 59.7 Å². The molecule has 1 saturated heterocycles. The van der Waals surface area contributed by atoms with E-state index in [2.05, 4.69) is 15.0 Å². The third-order valence-electron chi connectivity index (χ3n) is 2.81. The van der Waals surface area contributed by atoms with Crippen molar-refractivity contribution in [3.63, 3.8) is 0 Å². The topological polar surface area (TPSA) is 160 Å². The zero-order valence-corrected chi connectivity index (χ0v) is 9.94. The molecule has 0 aromatic carbocycles. The molecule has 10 heteroatoms. The van der Waals surface area contributed by atoms with Crippen LogP contribution in [0, 0.1) is 0 Å². The molecule has 0 spiro atoms. The number of aromatic amines is 1. The van der Waals surface area contributed by atoms with Crippen molar-refractivity contribution >= 4 is 17.1 Å². The van der Waals surface area contributed by atoms with Crippen LogP contribution in [0.1, 0.15) is 10.3 Å². The molecule has 3 rings (SSSR count). The van der Waals surface area contributed by atoms with Crippen molar-refractivity contribution in [2.45, 2.75) is 24.5 Å². The quantitative estimate of drug-likeness (QED) is 0.399. The number of aliphatic hydroxyl groups excluding tert-OH is 1. The first-order valence-corrected chi connectivity index (χ1v) is 5.53. The second kappa shape index (κ2) is 4.52. The molecule has 6 N–H and O–H groups in total. The van der Waals surface area contributed by atoms with Gasteiger partial charge in [-0.05, 0) is 0 Å². The molecule has 0 aliphatic carbocycles. The lowest BCUT2D eigenvalue weighted by Crippen LogP contribution is -2.33. The number of nitrogens with one attached hydrogen (secondary N) is 1. The minimum Gasteiger partial charge on any atom is -0.394 e. The number of fused-ring (bicyclic) bond motifs is 1. The lowest BCUT2D eigenvalue weighted by molar-refractivity contribution is -0.0511. The number of aromatic nitrogens is 4. The van der Waals surface area contributed by atoms with Crippen molar-refractivity contribution in [3.8, 4) is 0 Å². The van der Waals surface area contributed by atoms with E-state index in [0.29, 0.717) is 4.57 Å². The van der Waals surface area contributed by atoms with Crippen LogP contribution in [-0.2, 0) is 4.74 Å². The van der Waals surface area contributed by atoms with Crippen LogP contribution in [0.2, 0.25) is 0 Å². The van der Waals surface area contributed by atoms with Crippen molar-refractivity contribution in [2.75, 3.05) is 12.3 Å². The maximum absolute atomic E-state index is 11.8. The van der Waals surface area contributed by atoms with Crippen LogP contribution < -0.4 is 11.3 Å². The van der Waals surface area contributed by atoms with Crippen molar-refractivity contribution in [1.29, 1.82) is 0 Å². The Bertz CT molecular complexity index is 836. The van der Waals surface area contributed by atoms with Crippen molar-refractivity contribution < 1.29 is 24.2 Å². The number of nitrogen functional groups attached to an aromatic ring is 1. The Balaban J connectivity index is 2.28. The van der Waals surface area contributed by atoms with E-state index in [4.69, 9.17) is 19.7 Å². The second-order valence-electron chi connectivity index (χ2n) is 4.07. The Morgan fingerprint density at radius 3 is 2.95 bits per heavy atom. The summed E-state index contributed by atoms with van der Waals surface area (Å²) in [5.41, 5.74) is 4.17. The van der Waals surface area contributed by atoms with Crippen LogP contribution in [0.3, 0.4) is 0 Å². The van der Waals surface area contributed by atoms with Crippen molar-refractivity contribution in [3.05, 3.63) is 16.7 Å². The van der Waals surface area contributed by atoms with Crippen molar-refractivity contribution in [1.82, 2.24) is 19.5 Å². The van der Waals surface area contributed by atoms with E-state index in [-0.39, 0.29) is 17.1 Å². The fourth-order valence-electron chi connectivity index (χ4n) is 1.88. The van der Waals surface area contributed by atoms with Gasteiger partial charge < -0.3 is 25.8 Å². The lowest BCUT2D eigenvalue weighted by atomic mass is 10.1. The van der Waals surface area contributed by atoms with E-state index in [1.807, 2.05) is 0 Å². The smallest absolute Gasteiger partial charge is 0.280 e. The van der Waals surface area contributed by atoms with Gasteiger partial charge in [0.25, 0.3) is 5.56 Å². The highest BCUT2D eigenvalue weighted by Gasteiger charge is 2.44. The SMILES string of the molecule is [2H][C@]1(O)[C@]([2H])(n2cnc3c(=O)[nH]c(N)nc32)O[C@H](CO)[C@@]1([2H])O. The molecule has 4 atom stereocenters. The van der Waals surface area contributed by atoms with Crippen molar-refractivity contribution in [2.24, 2.45) is 0 Å². The highest BCUT2D eigenvalue weighted by Crippen LogP contribution is 2.30. The van der Waals surface area contributed by atoms with Gasteiger partial charge in [0.2, 0.25) is 5.95 Å². The van der Waals surface area contributed by atoms with Gasteiger partial charge in [-0.3, -0.25) is 14.3 Å². The zero-order chi connectivity index (χ0) is 17.2. The first-order valence-electron chi connectivity index (χ1n) is 7.03.